The Morgan fingerprint density at radius 2 is 2.17 bits per heavy atom. The van der Waals surface area contributed by atoms with E-state index in [1.54, 1.807) is 0 Å². The van der Waals surface area contributed by atoms with E-state index in [-0.39, 0.29) is 0 Å². The summed E-state index contributed by atoms with van der Waals surface area (Å²) < 4.78 is 0. The zero-order valence-corrected chi connectivity index (χ0v) is 11.6. The summed E-state index contributed by atoms with van der Waals surface area (Å²) in [5.74, 6) is 0.323. The normalized spacial score (nSPS) is 23.4. The molecule has 0 aromatic heterocycles. The average molecular weight is 257 g/mol. The smallest absolute Gasteiger partial charge is 0.139 e. The van der Waals surface area contributed by atoms with E-state index < -0.39 is 0 Å². The molecule has 0 amide bonds. The maximum Gasteiger partial charge on any atom is 0.139 e. The number of amidine groups is 1. The van der Waals surface area contributed by atoms with Crippen LogP contribution in [0.15, 0.2) is 5.16 Å². The second-order valence-corrected chi connectivity index (χ2v) is 5.15. The van der Waals surface area contributed by atoms with Crippen molar-refractivity contribution < 1.29 is 5.21 Å². The predicted molar refractivity (Wildman–Crippen MR) is 74.0 cm³/mol. The highest BCUT2D eigenvalue weighted by Gasteiger charge is 2.21. The maximum absolute atomic E-state index is 8.40. The Balaban J connectivity index is 2.03. The molecule has 1 aliphatic heterocycles. The number of hydrogen-bond acceptors (Lipinski definition) is 5. The minimum atomic E-state index is 0.323. The molecule has 18 heavy (non-hydrogen) atoms. The molecule has 0 spiro atoms. The largest absolute Gasteiger partial charge is 0.409 e. The quantitative estimate of drug-likeness (QED) is 0.193. The number of nitrogens with two attached hydrogens (primary N) is 1. The second-order valence-electron chi connectivity index (χ2n) is 5.15. The van der Waals surface area contributed by atoms with E-state index in [0.717, 1.165) is 45.6 Å². The van der Waals surface area contributed by atoms with Crippen LogP contribution in [0.25, 0.3) is 0 Å². The first kappa shape index (κ1) is 15.2. The van der Waals surface area contributed by atoms with Crippen LogP contribution in [-0.2, 0) is 0 Å². The van der Waals surface area contributed by atoms with Gasteiger partial charge in [0.05, 0.1) is 0 Å². The van der Waals surface area contributed by atoms with Gasteiger partial charge in [0.1, 0.15) is 5.84 Å². The third kappa shape index (κ3) is 5.66. The number of nitrogens with zero attached hydrogens (tertiary/aromatic N) is 3. The van der Waals surface area contributed by atoms with Crippen LogP contribution in [0.2, 0.25) is 0 Å². The first-order chi connectivity index (χ1) is 8.63. The Morgan fingerprint density at radius 1 is 1.39 bits per heavy atom. The Hall–Kier alpha value is -0.850. The number of oxime groups is 1. The third-order valence-corrected chi connectivity index (χ3v) is 3.53. The summed E-state index contributed by atoms with van der Waals surface area (Å²) >= 11 is 0. The van der Waals surface area contributed by atoms with Crippen LogP contribution < -0.4 is 11.1 Å². The van der Waals surface area contributed by atoms with Crippen molar-refractivity contribution in [1.82, 2.24) is 15.1 Å². The van der Waals surface area contributed by atoms with Crippen LogP contribution in [0.5, 0.6) is 0 Å². The van der Waals surface area contributed by atoms with Crippen LogP contribution in [0.1, 0.15) is 19.3 Å². The van der Waals surface area contributed by atoms with Gasteiger partial charge >= 0.3 is 0 Å². The Morgan fingerprint density at radius 3 is 2.89 bits per heavy atom. The van der Waals surface area contributed by atoms with Crippen molar-refractivity contribution in [1.29, 1.82) is 0 Å². The van der Waals surface area contributed by atoms with Crippen molar-refractivity contribution in [2.24, 2.45) is 10.9 Å². The average Bonchev–Trinajstić information content (AvgIpc) is 2.37. The van der Waals surface area contributed by atoms with Gasteiger partial charge in [-0.2, -0.15) is 0 Å². The fourth-order valence-electron chi connectivity index (χ4n) is 2.20. The molecule has 1 atom stereocenters. The van der Waals surface area contributed by atoms with E-state index >= 15 is 0 Å². The van der Waals surface area contributed by atoms with Gasteiger partial charge in [0.25, 0.3) is 0 Å². The zero-order valence-electron chi connectivity index (χ0n) is 11.6. The van der Waals surface area contributed by atoms with Gasteiger partial charge in [0, 0.05) is 38.6 Å². The molecule has 4 N–H and O–H groups in total. The molecule has 0 saturated carbocycles. The standard InChI is InChI=1S/C12H27N5O/c1-16-7-8-17(2)11(10-16)9-14-6-4-3-5-12(13)15-18/h11,14,18H,3-10H2,1-2H3,(H2,13,15). The van der Waals surface area contributed by atoms with Crippen LogP contribution in [-0.4, -0.2) is 73.7 Å². The van der Waals surface area contributed by atoms with E-state index in [2.05, 4.69) is 34.4 Å². The molecular formula is C12H27N5O. The van der Waals surface area contributed by atoms with Gasteiger partial charge < -0.3 is 21.2 Å². The van der Waals surface area contributed by atoms with Crippen LogP contribution in [0, 0.1) is 0 Å². The summed E-state index contributed by atoms with van der Waals surface area (Å²) in [6, 6.07) is 0.604. The van der Waals surface area contributed by atoms with E-state index in [9.17, 15) is 0 Å². The molecule has 1 fully saturated rings. The molecule has 6 nitrogen and oxygen atoms in total. The Bertz CT molecular complexity index is 259. The van der Waals surface area contributed by atoms with Gasteiger partial charge in [-0.15, -0.1) is 0 Å². The number of piperazine rings is 1. The van der Waals surface area contributed by atoms with Crippen molar-refractivity contribution in [3.8, 4) is 0 Å². The van der Waals surface area contributed by atoms with E-state index in [4.69, 9.17) is 10.9 Å². The minimum absolute atomic E-state index is 0.323. The van der Waals surface area contributed by atoms with Gasteiger partial charge in [-0.1, -0.05) is 5.16 Å². The second kappa shape index (κ2) is 8.29. The van der Waals surface area contributed by atoms with Crippen molar-refractivity contribution in [2.75, 3.05) is 46.8 Å². The molecule has 1 rings (SSSR count). The van der Waals surface area contributed by atoms with Crippen molar-refractivity contribution in [3.63, 3.8) is 0 Å². The topological polar surface area (TPSA) is 77.1 Å². The SMILES string of the molecule is CN1CCN(C)C(CNCCCCC(N)=NO)C1. The molecule has 6 heteroatoms. The van der Waals surface area contributed by atoms with Gasteiger partial charge in [-0.25, -0.2) is 0 Å². The number of unbranched alkanes of at least 4 members (excludes halogenated alkanes) is 1. The van der Waals surface area contributed by atoms with E-state index in [0.29, 0.717) is 18.3 Å². The summed E-state index contributed by atoms with van der Waals surface area (Å²) in [7, 11) is 4.37. The highest BCUT2D eigenvalue weighted by atomic mass is 16.4. The lowest BCUT2D eigenvalue weighted by molar-refractivity contribution is 0.113. The van der Waals surface area contributed by atoms with Gasteiger partial charge in [-0.3, -0.25) is 4.90 Å². The Labute approximate surface area is 110 Å². The fraction of sp³-hybridized carbons (Fsp3) is 0.917. The molecule has 1 heterocycles. The summed E-state index contributed by atoms with van der Waals surface area (Å²) in [6.45, 7) is 5.46. The van der Waals surface area contributed by atoms with Gasteiger partial charge in [0.15, 0.2) is 0 Å². The highest BCUT2D eigenvalue weighted by molar-refractivity contribution is 5.79. The lowest BCUT2D eigenvalue weighted by Crippen LogP contribution is -2.53. The molecular weight excluding hydrogens is 230 g/mol. The number of likely N-dealkylation sites (N-methyl/N-ethyl adjacent to an activating group) is 2. The lowest BCUT2D eigenvalue weighted by atomic mass is 10.2. The molecule has 1 aliphatic rings. The summed E-state index contributed by atoms with van der Waals surface area (Å²) in [6.07, 6.45) is 2.69. The predicted octanol–water partition coefficient (Wildman–Crippen LogP) is -0.261. The molecule has 106 valence electrons. The van der Waals surface area contributed by atoms with Gasteiger partial charge in [0.2, 0.25) is 0 Å². The van der Waals surface area contributed by atoms with Crippen molar-refractivity contribution in [2.45, 2.75) is 25.3 Å². The van der Waals surface area contributed by atoms with Crippen LogP contribution in [0.3, 0.4) is 0 Å². The lowest BCUT2D eigenvalue weighted by Gasteiger charge is -2.37. The maximum atomic E-state index is 8.40. The van der Waals surface area contributed by atoms with Crippen LogP contribution >= 0.6 is 0 Å². The van der Waals surface area contributed by atoms with E-state index in [1.165, 1.54) is 0 Å². The summed E-state index contributed by atoms with van der Waals surface area (Å²) in [4.78, 5) is 4.80. The molecule has 0 aromatic carbocycles. The monoisotopic (exact) mass is 257 g/mol. The number of nitrogens with one attached hydrogen (secondary N) is 1. The highest BCUT2D eigenvalue weighted by Crippen LogP contribution is 2.04. The Kier molecular flexibility index (Phi) is 7.00. The molecule has 0 aliphatic carbocycles. The molecule has 0 radical (unpaired) electrons. The zero-order chi connectivity index (χ0) is 13.4. The molecule has 1 unspecified atom stereocenters. The van der Waals surface area contributed by atoms with Crippen molar-refractivity contribution in [3.05, 3.63) is 0 Å². The van der Waals surface area contributed by atoms with Crippen LogP contribution in [0.4, 0.5) is 0 Å². The molecule has 0 aromatic rings. The summed E-state index contributed by atoms with van der Waals surface area (Å²) in [5, 5.41) is 14.8. The first-order valence-electron chi connectivity index (χ1n) is 6.69. The number of hydrogen-bond donors (Lipinski definition) is 3. The third-order valence-electron chi connectivity index (χ3n) is 3.53. The molecule has 1 saturated heterocycles. The molecule has 0 bridgehead atoms. The summed E-state index contributed by atoms with van der Waals surface area (Å²) in [5.41, 5.74) is 5.41. The fourth-order valence-corrected chi connectivity index (χ4v) is 2.20. The van der Waals surface area contributed by atoms with Gasteiger partial charge in [-0.05, 0) is 33.5 Å². The van der Waals surface area contributed by atoms with E-state index in [1.807, 2.05) is 0 Å². The number of rotatable bonds is 7. The first-order valence-corrected chi connectivity index (χ1v) is 6.69. The minimum Gasteiger partial charge on any atom is -0.409 e. The van der Waals surface area contributed by atoms with Crippen molar-refractivity contribution >= 4 is 5.84 Å².